The number of furan rings is 1. The molecule has 6 heteroatoms. The Morgan fingerprint density at radius 2 is 1.71 bits per heavy atom. The van der Waals surface area contributed by atoms with Crippen LogP contribution in [0.15, 0.2) is 106 Å². The quantitative estimate of drug-likeness (QED) is 0.255. The summed E-state index contributed by atoms with van der Waals surface area (Å²) in [4.78, 5) is 12.5. The normalized spacial score (nSPS) is 10.7. The van der Waals surface area contributed by atoms with Crippen molar-refractivity contribution >= 4 is 32.7 Å². The molecule has 0 fully saturated rings. The van der Waals surface area contributed by atoms with Crippen molar-refractivity contribution in [1.29, 1.82) is 0 Å². The molecule has 5 aromatic rings. The Kier molecular flexibility index (Phi) is 6.20. The third kappa shape index (κ3) is 4.55. The summed E-state index contributed by atoms with van der Waals surface area (Å²) in [6.45, 7) is 0.297. The molecule has 2 heterocycles. The van der Waals surface area contributed by atoms with E-state index in [0.717, 1.165) is 32.5 Å². The Morgan fingerprint density at radius 1 is 0.968 bits per heavy atom. The molecule has 0 spiro atoms. The Morgan fingerprint density at radius 3 is 2.45 bits per heavy atom. The largest absolute Gasteiger partial charge is 1.00 e. The first kappa shape index (κ1) is 21.3. The van der Waals surface area contributed by atoms with E-state index in [0.29, 0.717) is 12.1 Å². The Labute approximate surface area is 198 Å². The van der Waals surface area contributed by atoms with E-state index in [1.165, 1.54) is 0 Å². The van der Waals surface area contributed by atoms with E-state index >= 15 is 0 Å². The molecule has 2 aromatic heterocycles. The van der Waals surface area contributed by atoms with Crippen molar-refractivity contribution in [1.82, 2.24) is 4.57 Å². The fraction of sp³-hybridized carbons (Fsp3) is 0.0400. The molecule has 0 atom stereocenters. The highest BCUT2D eigenvalue weighted by Gasteiger charge is 2.13. The molecule has 0 radical (unpaired) electrons. The zero-order valence-corrected chi connectivity index (χ0v) is 19.6. The average molecular weight is 538 g/mol. The summed E-state index contributed by atoms with van der Waals surface area (Å²) >= 11 is 3.39. The summed E-state index contributed by atoms with van der Waals surface area (Å²) in [5.41, 5.74) is 3.64. The molecule has 3 aromatic carbocycles. The molecular weight excluding hydrogens is 520 g/mol. The van der Waals surface area contributed by atoms with Crippen molar-refractivity contribution in [3.05, 3.63) is 108 Å². The summed E-state index contributed by atoms with van der Waals surface area (Å²) in [6.07, 6.45) is 5.78. The second-order valence-electron chi connectivity index (χ2n) is 7.12. The van der Waals surface area contributed by atoms with E-state index in [1.54, 1.807) is 0 Å². The number of Topliss-reactive ketones (excluding diaryl/α,β-unsaturated/α-hetero) is 1. The molecule has 0 aliphatic carbocycles. The topological polar surface area (TPSA) is 39.0 Å². The van der Waals surface area contributed by atoms with Crippen molar-refractivity contribution in [2.24, 2.45) is 0 Å². The predicted molar refractivity (Wildman–Crippen MR) is 120 cm³/mol. The van der Waals surface area contributed by atoms with Gasteiger partial charge in [-0.2, -0.15) is 0 Å². The van der Waals surface area contributed by atoms with E-state index in [-0.39, 0.29) is 22.8 Å². The predicted octanol–water partition coefficient (Wildman–Crippen LogP) is 2.83. The zero-order valence-electron chi connectivity index (χ0n) is 16.4. The highest BCUT2D eigenvalue weighted by Crippen LogP contribution is 2.28. The molecule has 5 rings (SSSR count). The number of aromatic nitrogens is 2. The van der Waals surface area contributed by atoms with Crippen LogP contribution in [0.4, 0.5) is 0 Å². The highest BCUT2D eigenvalue weighted by atomic mass is 79.9. The van der Waals surface area contributed by atoms with E-state index in [1.807, 2.05) is 101 Å². The first-order chi connectivity index (χ1) is 14.7. The lowest BCUT2D eigenvalue weighted by Crippen LogP contribution is -3.00. The number of nitrogens with zero attached hydrogens (tertiary/aromatic N) is 2. The molecule has 0 amide bonds. The lowest BCUT2D eigenvalue weighted by Gasteiger charge is -2.00. The SMILES string of the molecule is O=C(C[n+]1ccn(-c2ccc(-c3cc4ccccc4o3)cc2)c1)c1ccc(Br)cc1.[Br-]. The minimum Gasteiger partial charge on any atom is -1.00 e. The molecule has 0 aliphatic heterocycles. The number of hydrogen-bond acceptors (Lipinski definition) is 2. The molecule has 154 valence electrons. The lowest BCUT2D eigenvalue weighted by molar-refractivity contribution is -0.682. The van der Waals surface area contributed by atoms with Crippen LogP contribution in [0.3, 0.4) is 0 Å². The van der Waals surface area contributed by atoms with Gasteiger partial charge in [-0.25, -0.2) is 9.13 Å². The molecule has 0 saturated carbocycles. The van der Waals surface area contributed by atoms with Crippen molar-refractivity contribution in [2.75, 3.05) is 0 Å². The fourth-order valence-corrected chi connectivity index (χ4v) is 3.72. The first-order valence-corrected chi connectivity index (χ1v) is 10.4. The van der Waals surface area contributed by atoms with E-state index in [4.69, 9.17) is 4.42 Å². The summed E-state index contributed by atoms with van der Waals surface area (Å²) in [6, 6.07) is 25.7. The van der Waals surface area contributed by atoms with Crippen LogP contribution in [0.2, 0.25) is 0 Å². The van der Waals surface area contributed by atoms with Gasteiger partial charge in [0, 0.05) is 21.0 Å². The van der Waals surface area contributed by atoms with Crippen LogP contribution in [0.5, 0.6) is 0 Å². The Hall–Kier alpha value is -2.96. The van der Waals surface area contributed by atoms with Crippen LogP contribution in [0.25, 0.3) is 28.0 Å². The van der Waals surface area contributed by atoms with Gasteiger partial charge in [-0.05, 0) is 48.5 Å². The van der Waals surface area contributed by atoms with Gasteiger partial charge >= 0.3 is 0 Å². The van der Waals surface area contributed by atoms with Crippen LogP contribution in [0, 0.1) is 0 Å². The first-order valence-electron chi connectivity index (χ1n) is 9.61. The van der Waals surface area contributed by atoms with Crippen LogP contribution in [-0.2, 0) is 6.54 Å². The summed E-state index contributed by atoms with van der Waals surface area (Å²) < 4.78 is 10.8. The molecule has 31 heavy (non-hydrogen) atoms. The van der Waals surface area contributed by atoms with E-state index in [2.05, 4.69) is 22.0 Å². The highest BCUT2D eigenvalue weighted by molar-refractivity contribution is 9.10. The van der Waals surface area contributed by atoms with Gasteiger partial charge in [0.25, 0.3) is 0 Å². The van der Waals surface area contributed by atoms with Crippen molar-refractivity contribution in [3.8, 4) is 17.0 Å². The van der Waals surface area contributed by atoms with Gasteiger partial charge < -0.3 is 21.4 Å². The second-order valence-corrected chi connectivity index (χ2v) is 8.03. The van der Waals surface area contributed by atoms with Crippen LogP contribution < -0.4 is 21.5 Å². The Balaban J connectivity index is 0.00000231. The zero-order chi connectivity index (χ0) is 20.5. The van der Waals surface area contributed by atoms with Gasteiger partial charge in [-0.15, -0.1) is 0 Å². The number of halogens is 2. The van der Waals surface area contributed by atoms with Gasteiger partial charge in [0.15, 0.2) is 6.54 Å². The fourth-order valence-electron chi connectivity index (χ4n) is 3.46. The van der Waals surface area contributed by atoms with Gasteiger partial charge in [-0.3, -0.25) is 4.79 Å². The number of hydrogen-bond donors (Lipinski definition) is 0. The van der Waals surface area contributed by atoms with Crippen molar-refractivity contribution < 1.29 is 30.8 Å². The van der Waals surface area contributed by atoms with Crippen LogP contribution >= 0.6 is 15.9 Å². The maximum absolute atomic E-state index is 12.5. The van der Waals surface area contributed by atoms with E-state index in [9.17, 15) is 4.79 Å². The molecule has 0 N–H and O–H groups in total. The average Bonchev–Trinajstić information content (AvgIpc) is 3.41. The number of rotatable bonds is 5. The van der Waals surface area contributed by atoms with Gasteiger partial charge in [0.05, 0.1) is 0 Å². The van der Waals surface area contributed by atoms with Gasteiger partial charge in [0.1, 0.15) is 29.4 Å². The second kappa shape index (κ2) is 9.04. The van der Waals surface area contributed by atoms with E-state index < -0.39 is 0 Å². The Bertz CT molecular complexity index is 1300. The molecule has 4 nitrogen and oxygen atoms in total. The maximum atomic E-state index is 12.5. The third-order valence-corrected chi connectivity index (χ3v) is 5.59. The number of benzene rings is 3. The minimum absolute atomic E-state index is 0. The number of carbonyl (C=O) groups is 1. The number of para-hydroxylation sites is 1. The molecular formula is C25H18Br2N2O2. The van der Waals surface area contributed by atoms with Crippen molar-refractivity contribution in [3.63, 3.8) is 0 Å². The lowest BCUT2D eigenvalue weighted by atomic mass is 10.1. The van der Waals surface area contributed by atoms with Crippen LogP contribution in [0.1, 0.15) is 10.4 Å². The molecule has 0 aliphatic rings. The van der Waals surface area contributed by atoms with Gasteiger partial charge in [-0.1, -0.05) is 46.3 Å². The van der Waals surface area contributed by atoms with Gasteiger partial charge in [0.2, 0.25) is 12.1 Å². The minimum atomic E-state index is 0. The molecule has 0 bridgehead atoms. The number of carbonyl (C=O) groups excluding carboxylic acids is 1. The smallest absolute Gasteiger partial charge is 0.249 e. The molecule has 0 saturated heterocycles. The van der Waals surface area contributed by atoms with Crippen LogP contribution in [-0.4, -0.2) is 10.4 Å². The summed E-state index contributed by atoms with van der Waals surface area (Å²) in [7, 11) is 0. The summed E-state index contributed by atoms with van der Waals surface area (Å²) in [5.74, 6) is 0.927. The maximum Gasteiger partial charge on any atom is 0.249 e. The number of ketones is 1. The standard InChI is InChI=1S/C25H18BrN2O2.BrH/c26-21-9-5-18(6-10-21)23(29)16-27-13-14-28(17-27)22-11-7-19(8-12-22)25-15-20-3-1-2-4-24(20)30-25;/h1-15,17H,16H2;1H/q+1;/p-1. The number of imidazole rings is 1. The van der Waals surface area contributed by atoms with Crippen molar-refractivity contribution in [2.45, 2.75) is 6.54 Å². The monoisotopic (exact) mass is 536 g/mol. The number of fused-ring (bicyclic) bond motifs is 1. The summed E-state index contributed by atoms with van der Waals surface area (Å²) in [5, 5.41) is 1.10. The molecule has 0 unspecified atom stereocenters. The third-order valence-electron chi connectivity index (χ3n) is 5.06.